The topological polar surface area (TPSA) is 42.0 Å². The van der Waals surface area contributed by atoms with E-state index in [1.54, 1.807) is 0 Å². The third-order valence-electron chi connectivity index (χ3n) is 3.44. The van der Waals surface area contributed by atoms with Crippen molar-refractivity contribution in [3.63, 3.8) is 0 Å². The number of amides is 1. The summed E-state index contributed by atoms with van der Waals surface area (Å²) in [4.78, 5) is 16.3. The van der Waals surface area contributed by atoms with E-state index in [0.717, 1.165) is 36.0 Å². The molecule has 1 aromatic heterocycles. The first-order valence-corrected chi connectivity index (χ1v) is 7.32. The van der Waals surface area contributed by atoms with E-state index in [2.05, 4.69) is 42.3 Å². The molecule has 20 heavy (non-hydrogen) atoms. The lowest BCUT2D eigenvalue weighted by molar-refractivity contribution is -0.121. The first-order valence-electron chi connectivity index (χ1n) is 7.32. The van der Waals surface area contributed by atoms with Crippen LogP contribution in [0.5, 0.6) is 0 Å². The van der Waals surface area contributed by atoms with Crippen molar-refractivity contribution in [2.24, 2.45) is 0 Å². The Kier molecular flexibility index (Phi) is 5.10. The number of rotatable bonds is 6. The van der Waals surface area contributed by atoms with Crippen molar-refractivity contribution in [1.29, 1.82) is 0 Å². The van der Waals surface area contributed by atoms with Crippen molar-refractivity contribution in [1.82, 2.24) is 10.3 Å². The molecule has 0 aliphatic heterocycles. The molecule has 106 valence electrons. The lowest BCUT2D eigenvalue weighted by atomic mass is 10.1. The highest BCUT2D eigenvalue weighted by Crippen LogP contribution is 2.16. The van der Waals surface area contributed by atoms with Crippen molar-refractivity contribution in [2.45, 2.75) is 39.5 Å². The predicted molar refractivity (Wildman–Crippen MR) is 82.7 cm³/mol. The molecule has 0 aliphatic carbocycles. The van der Waals surface area contributed by atoms with Crippen LogP contribution < -0.4 is 5.32 Å². The van der Waals surface area contributed by atoms with Gasteiger partial charge in [-0.1, -0.05) is 37.6 Å². The number of unbranched alkanes of at least 4 members (excludes halogenated alkanes) is 1. The Morgan fingerprint density at radius 1 is 1.25 bits per heavy atom. The minimum absolute atomic E-state index is 0.116. The monoisotopic (exact) mass is 270 g/mol. The fourth-order valence-corrected chi connectivity index (χ4v) is 2.21. The third-order valence-corrected chi connectivity index (χ3v) is 3.44. The second-order valence-electron chi connectivity index (χ2n) is 5.15. The normalized spacial score (nSPS) is 10.7. The molecule has 2 aromatic rings. The van der Waals surface area contributed by atoms with Crippen LogP contribution in [-0.2, 0) is 11.2 Å². The van der Waals surface area contributed by atoms with Gasteiger partial charge >= 0.3 is 0 Å². The van der Waals surface area contributed by atoms with Crippen molar-refractivity contribution < 1.29 is 4.79 Å². The van der Waals surface area contributed by atoms with E-state index in [4.69, 9.17) is 0 Å². The van der Waals surface area contributed by atoms with Crippen molar-refractivity contribution in [3.05, 3.63) is 41.6 Å². The first kappa shape index (κ1) is 14.5. The molecule has 0 fully saturated rings. The summed E-state index contributed by atoms with van der Waals surface area (Å²) in [7, 11) is 0. The number of para-hydroxylation sites is 1. The molecule has 1 heterocycles. The lowest BCUT2D eigenvalue weighted by Crippen LogP contribution is -2.24. The van der Waals surface area contributed by atoms with E-state index in [1.165, 1.54) is 5.56 Å². The van der Waals surface area contributed by atoms with Gasteiger partial charge in [-0.25, -0.2) is 0 Å². The van der Waals surface area contributed by atoms with Gasteiger partial charge < -0.3 is 5.32 Å². The molecule has 0 radical (unpaired) electrons. The van der Waals surface area contributed by atoms with Gasteiger partial charge in [0, 0.05) is 24.0 Å². The molecular weight excluding hydrogens is 248 g/mol. The third kappa shape index (κ3) is 3.80. The summed E-state index contributed by atoms with van der Waals surface area (Å²) in [5, 5.41) is 4.09. The minimum atomic E-state index is 0.116. The molecule has 1 N–H and O–H groups in total. The van der Waals surface area contributed by atoms with E-state index in [-0.39, 0.29) is 5.91 Å². The number of benzene rings is 1. The molecule has 3 heteroatoms. The summed E-state index contributed by atoms with van der Waals surface area (Å²) in [5.41, 5.74) is 3.20. The van der Waals surface area contributed by atoms with Gasteiger partial charge in [-0.2, -0.15) is 0 Å². The highest BCUT2D eigenvalue weighted by atomic mass is 16.1. The Morgan fingerprint density at radius 2 is 2.10 bits per heavy atom. The Bertz CT molecular complexity index is 593. The quantitative estimate of drug-likeness (QED) is 0.817. The average molecular weight is 270 g/mol. The molecule has 0 saturated heterocycles. The smallest absolute Gasteiger partial charge is 0.220 e. The zero-order valence-electron chi connectivity index (χ0n) is 12.3. The van der Waals surface area contributed by atoms with Crippen molar-refractivity contribution in [3.8, 4) is 0 Å². The molecule has 0 unspecified atom stereocenters. The highest BCUT2D eigenvalue weighted by molar-refractivity contribution is 5.82. The summed E-state index contributed by atoms with van der Waals surface area (Å²) < 4.78 is 0. The number of pyridine rings is 1. The number of hydrogen-bond acceptors (Lipinski definition) is 2. The number of fused-ring (bicyclic) bond motifs is 1. The summed E-state index contributed by atoms with van der Waals surface area (Å²) >= 11 is 0. The van der Waals surface area contributed by atoms with Crippen LogP contribution >= 0.6 is 0 Å². The van der Waals surface area contributed by atoms with Gasteiger partial charge in [0.15, 0.2) is 0 Å². The minimum Gasteiger partial charge on any atom is -0.356 e. The van der Waals surface area contributed by atoms with Gasteiger partial charge in [-0.15, -0.1) is 0 Å². The van der Waals surface area contributed by atoms with Gasteiger partial charge in [0.1, 0.15) is 0 Å². The van der Waals surface area contributed by atoms with E-state index in [1.807, 2.05) is 12.1 Å². The van der Waals surface area contributed by atoms with Crippen LogP contribution in [0, 0.1) is 6.92 Å². The second-order valence-corrected chi connectivity index (χ2v) is 5.15. The fraction of sp³-hybridized carbons (Fsp3) is 0.412. The van der Waals surface area contributed by atoms with Crippen molar-refractivity contribution >= 4 is 16.8 Å². The molecule has 3 nitrogen and oxygen atoms in total. The summed E-state index contributed by atoms with van der Waals surface area (Å²) in [6, 6.07) is 10.3. The highest BCUT2D eigenvalue weighted by Gasteiger charge is 2.04. The zero-order chi connectivity index (χ0) is 14.4. The Labute approximate surface area is 120 Å². The molecule has 0 aliphatic rings. The van der Waals surface area contributed by atoms with Crippen LogP contribution in [0.15, 0.2) is 30.3 Å². The number of aromatic nitrogens is 1. The number of carbonyl (C=O) groups excluding carboxylic acids is 1. The standard InChI is InChI=1S/C17H22N2O/c1-3-4-12-18-16(20)11-10-15-9-8-14-7-5-6-13(2)17(14)19-15/h5-9H,3-4,10-12H2,1-2H3,(H,18,20). The van der Waals surface area contributed by atoms with Crippen LogP contribution in [-0.4, -0.2) is 17.4 Å². The Hall–Kier alpha value is -1.90. The molecule has 0 atom stereocenters. The molecule has 1 aromatic carbocycles. The average Bonchev–Trinajstić information content (AvgIpc) is 2.46. The van der Waals surface area contributed by atoms with Gasteiger partial charge in [0.05, 0.1) is 5.52 Å². The Balaban J connectivity index is 1.96. The van der Waals surface area contributed by atoms with Gasteiger partial charge in [-0.3, -0.25) is 9.78 Å². The Morgan fingerprint density at radius 3 is 2.90 bits per heavy atom. The van der Waals surface area contributed by atoms with Crippen LogP contribution in [0.25, 0.3) is 10.9 Å². The number of aryl methyl sites for hydroxylation is 2. The summed E-state index contributed by atoms with van der Waals surface area (Å²) in [6.07, 6.45) is 3.35. The van der Waals surface area contributed by atoms with Crippen LogP contribution in [0.3, 0.4) is 0 Å². The van der Waals surface area contributed by atoms with Gasteiger partial charge in [-0.05, 0) is 31.4 Å². The van der Waals surface area contributed by atoms with Crippen LogP contribution in [0.1, 0.15) is 37.4 Å². The number of carbonyl (C=O) groups is 1. The largest absolute Gasteiger partial charge is 0.356 e. The maximum absolute atomic E-state index is 11.7. The lowest BCUT2D eigenvalue weighted by Gasteiger charge is -2.06. The number of hydrogen-bond donors (Lipinski definition) is 1. The second kappa shape index (κ2) is 7.04. The van der Waals surface area contributed by atoms with Crippen LogP contribution in [0.2, 0.25) is 0 Å². The SMILES string of the molecule is CCCCNC(=O)CCc1ccc2cccc(C)c2n1. The van der Waals surface area contributed by atoms with E-state index in [9.17, 15) is 4.79 Å². The zero-order valence-corrected chi connectivity index (χ0v) is 12.3. The van der Waals surface area contributed by atoms with Crippen LogP contribution in [0.4, 0.5) is 0 Å². The number of nitrogens with zero attached hydrogens (tertiary/aromatic N) is 1. The summed E-state index contributed by atoms with van der Waals surface area (Å²) in [5.74, 6) is 0.116. The molecule has 0 spiro atoms. The maximum Gasteiger partial charge on any atom is 0.220 e. The fourth-order valence-electron chi connectivity index (χ4n) is 2.21. The van der Waals surface area contributed by atoms with E-state index >= 15 is 0 Å². The van der Waals surface area contributed by atoms with E-state index < -0.39 is 0 Å². The van der Waals surface area contributed by atoms with E-state index in [0.29, 0.717) is 12.8 Å². The first-order chi connectivity index (χ1) is 9.70. The maximum atomic E-state index is 11.7. The molecule has 0 saturated carbocycles. The number of nitrogens with one attached hydrogen (secondary N) is 1. The summed E-state index contributed by atoms with van der Waals surface area (Å²) in [6.45, 7) is 4.96. The van der Waals surface area contributed by atoms with Gasteiger partial charge in [0.2, 0.25) is 5.91 Å². The molecule has 2 rings (SSSR count). The molecule has 0 bridgehead atoms. The van der Waals surface area contributed by atoms with Crippen molar-refractivity contribution in [2.75, 3.05) is 6.54 Å². The molecular formula is C17H22N2O. The molecule has 1 amide bonds. The van der Waals surface area contributed by atoms with Gasteiger partial charge in [0.25, 0.3) is 0 Å². The predicted octanol–water partition coefficient (Wildman–Crippen LogP) is 3.39.